The van der Waals surface area contributed by atoms with Crippen LogP contribution in [0.1, 0.15) is 44.3 Å². The Kier molecular flexibility index (Phi) is 10.2. The Balaban J connectivity index is 1.29. The lowest BCUT2D eigenvalue weighted by molar-refractivity contribution is -0.164. The summed E-state index contributed by atoms with van der Waals surface area (Å²) in [6.07, 6.45) is 3.40. The molecule has 0 saturated carbocycles. The fourth-order valence-electron chi connectivity index (χ4n) is 7.90. The summed E-state index contributed by atoms with van der Waals surface area (Å²) in [5, 5.41) is 18.5. The standard InChI is InChI=1S/C37H44N6O7/c1-5-7-17-29(45)40(4)24(3)32(25-13-9-8-10-14-25)49-36(48)30-28-18-19-37(50-28)31(30)34(46)42(21-22-44)33(37)35(47)41(20-6-2)23-43-27-16-12-11-15-26(27)38-39-43/h5-6,8-16,24,28,30-33,44H,1-2,7,17-23H2,3-4H3/t24-,28-,30+,31+,32+,33-,37+/m1/s1. The summed E-state index contributed by atoms with van der Waals surface area (Å²) in [5.74, 6) is -3.57. The molecule has 2 bridgehead atoms. The average Bonchev–Trinajstić information content (AvgIpc) is 3.88. The zero-order chi connectivity index (χ0) is 35.6. The van der Waals surface area contributed by atoms with E-state index in [1.165, 1.54) is 9.80 Å². The van der Waals surface area contributed by atoms with E-state index in [4.69, 9.17) is 9.47 Å². The second-order valence-corrected chi connectivity index (χ2v) is 13.2. The smallest absolute Gasteiger partial charge is 0.313 e. The molecule has 7 atom stereocenters. The van der Waals surface area contributed by atoms with E-state index >= 15 is 0 Å². The maximum atomic E-state index is 14.6. The van der Waals surface area contributed by atoms with Crippen molar-refractivity contribution in [2.45, 2.75) is 69.2 Å². The van der Waals surface area contributed by atoms with Crippen LogP contribution in [0.15, 0.2) is 79.9 Å². The highest BCUT2D eigenvalue weighted by Gasteiger charge is 2.75. The molecule has 3 saturated heterocycles. The van der Waals surface area contributed by atoms with E-state index in [-0.39, 0.29) is 38.7 Å². The number of likely N-dealkylation sites (tertiary alicyclic amines) is 1. The van der Waals surface area contributed by atoms with Gasteiger partial charge in [0.2, 0.25) is 17.7 Å². The fourth-order valence-corrected chi connectivity index (χ4v) is 7.90. The highest BCUT2D eigenvalue weighted by atomic mass is 16.6. The molecule has 13 nitrogen and oxygen atoms in total. The van der Waals surface area contributed by atoms with Gasteiger partial charge in [0.1, 0.15) is 29.9 Å². The summed E-state index contributed by atoms with van der Waals surface area (Å²) in [4.78, 5) is 60.6. The van der Waals surface area contributed by atoms with Gasteiger partial charge in [-0.3, -0.25) is 19.2 Å². The Morgan fingerprint density at radius 1 is 1.14 bits per heavy atom. The number of β-amino-alcohol motifs (C(OH)–C–C–N with tert-alkyl or cyclic N) is 1. The zero-order valence-corrected chi connectivity index (χ0v) is 28.5. The first-order chi connectivity index (χ1) is 24.2. The molecule has 2 aromatic carbocycles. The molecule has 6 rings (SSSR count). The number of allylic oxidation sites excluding steroid dienone is 1. The van der Waals surface area contributed by atoms with Crippen molar-refractivity contribution in [2.24, 2.45) is 11.8 Å². The van der Waals surface area contributed by atoms with Crippen molar-refractivity contribution in [3.05, 3.63) is 85.5 Å². The number of ether oxygens (including phenoxy) is 2. The Bertz CT molecular complexity index is 1760. The van der Waals surface area contributed by atoms with Crippen molar-refractivity contribution in [2.75, 3.05) is 26.7 Å². The molecule has 13 heteroatoms. The van der Waals surface area contributed by atoms with Gasteiger partial charge in [0.05, 0.1) is 36.1 Å². The molecular formula is C37H44N6O7. The maximum Gasteiger partial charge on any atom is 0.313 e. The first-order valence-corrected chi connectivity index (χ1v) is 17.1. The first-order valence-electron chi connectivity index (χ1n) is 17.1. The first kappa shape index (κ1) is 35.0. The number of likely N-dealkylation sites (N-methyl/N-ethyl adjacent to an activating group) is 1. The molecule has 3 fully saturated rings. The second kappa shape index (κ2) is 14.5. The number of fused-ring (bicyclic) bond motifs is 2. The summed E-state index contributed by atoms with van der Waals surface area (Å²) in [7, 11) is 1.68. The molecular weight excluding hydrogens is 640 g/mol. The number of rotatable bonds is 15. The largest absolute Gasteiger partial charge is 0.455 e. The van der Waals surface area contributed by atoms with E-state index < -0.39 is 59.5 Å². The molecule has 0 unspecified atom stereocenters. The van der Waals surface area contributed by atoms with Gasteiger partial charge in [-0.1, -0.05) is 59.8 Å². The number of carbonyl (C=O) groups excluding carboxylic acids is 4. The lowest BCUT2D eigenvalue weighted by Crippen LogP contribution is -2.56. The molecule has 264 valence electrons. The summed E-state index contributed by atoms with van der Waals surface area (Å²) in [6.45, 7) is 9.05. The SMILES string of the molecule is C=CCCC(=O)N(C)[C@H](C)[C@H](OC(=O)[C@@H]1[C@H]2C(=O)N(CCO)[C@H](C(=O)N(CC=C)Cn3nnc4ccccc43)[C@]23CC[C@H]1O3)c1ccccc1. The number of hydrogen-bond donors (Lipinski definition) is 1. The normalized spacial score (nSPS) is 24.9. The van der Waals surface area contributed by atoms with Crippen LogP contribution in [0.25, 0.3) is 11.0 Å². The minimum atomic E-state index is -1.30. The lowest BCUT2D eigenvalue weighted by Gasteiger charge is -2.36. The molecule has 3 amide bonds. The molecule has 0 aliphatic carbocycles. The Morgan fingerprint density at radius 3 is 2.60 bits per heavy atom. The van der Waals surface area contributed by atoms with Gasteiger partial charge in [-0.15, -0.1) is 18.3 Å². The van der Waals surface area contributed by atoms with Crippen LogP contribution >= 0.6 is 0 Å². The minimum Gasteiger partial charge on any atom is -0.455 e. The molecule has 1 spiro atoms. The maximum absolute atomic E-state index is 14.6. The third-order valence-corrected chi connectivity index (χ3v) is 10.4. The average molecular weight is 685 g/mol. The summed E-state index contributed by atoms with van der Waals surface area (Å²) in [6, 6.07) is 14.9. The van der Waals surface area contributed by atoms with Crippen LogP contribution in [-0.2, 0) is 35.3 Å². The number of aliphatic hydroxyl groups excluding tert-OH is 1. The molecule has 3 aliphatic heterocycles. The highest BCUT2D eigenvalue weighted by Crippen LogP contribution is 2.59. The Labute approximate surface area is 291 Å². The van der Waals surface area contributed by atoms with Crippen molar-refractivity contribution in [1.29, 1.82) is 0 Å². The summed E-state index contributed by atoms with van der Waals surface area (Å²) in [5.41, 5.74) is 0.803. The van der Waals surface area contributed by atoms with Crippen LogP contribution in [-0.4, -0.2) is 109 Å². The van der Waals surface area contributed by atoms with Crippen molar-refractivity contribution in [1.82, 2.24) is 29.7 Å². The van der Waals surface area contributed by atoms with Crippen molar-refractivity contribution in [3.8, 4) is 0 Å². The summed E-state index contributed by atoms with van der Waals surface area (Å²) < 4.78 is 14.5. The third kappa shape index (κ3) is 6.09. The predicted octanol–water partition coefficient (Wildman–Crippen LogP) is 2.87. The molecule has 3 aliphatic rings. The molecule has 50 heavy (non-hydrogen) atoms. The van der Waals surface area contributed by atoms with Gasteiger partial charge in [0.25, 0.3) is 0 Å². The van der Waals surface area contributed by atoms with Crippen molar-refractivity contribution in [3.63, 3.8) is 0 Å². The van der Waals surface area contributed by atoms with E-state index in [1.54, 1.807) is 28.8 Å². The van der Waals surface area contributed by atoms with E-state index in [9.17, 15) is 24.3 Å². The van der Waals surface area contributed by atoms with Crippen LogP contribution in [0.2, 0.25) is 0 Å². The number of aliphatic hydroxyl groups is 1. The number of para-hydroxylation sites is 1. The van der Waals surface area contributed by atoms with Crippen LogP contribution in [0.4, 0.5) is 0 Å². The number of nitrogens with zero attached hydrogens (tertiary/aromatic N) is 6. The molecule has 1 aromatic heterocycles. The van der Waals surface area contributed by atoms with Gasteiger partial charge in [-0.2, -0.15) is 0 Å². The topological polar surface area (TPSA) is 147 Å². The highest BCUT2D eigenvalue weighted by molar-refractivity contribution is 5.98. The monoisotopic (exact) mass is 684 g/mol. The van der Waals surface area contributed by atoms with Gasteiger partial charge in [0, 0.05) is 26.6 Å². The summed E-state index contributed by atoms with van der Waals surface area (Å²) >= 11 is 0. The van der Waals surface area contributed by atoms with E-state index in [1.807, 2.05) is 61.5 Å². The van der Waals surface area contributed by atoms with E-state index in [2.05, 4.69) is 23.5 Å². The molecule has 3 aromatic rings. The molecule has 0 radical (unpaired) electrons. The Morgan fingerprint density at radius 2 is 1.88 bits per heavy atom. The van der Waals surface area contributed by atoms with Crippen LogP contribution in [0.5, 0.6) is 0 Å². The number of hydrogen-bond acceptors (Lipinski definition) is 9. The van der Waals surface area contributed by atoms with Crippen LogP contribution < -0.4 is 0 Å². The van der Waals surface area contributed by atoms with Gasteiger partial charge in [0.15, 0.2) is 0 Å². The van der Waals surface area contributed by atoms with Gasteiger partial charge in [-0.05, 0) is 43.9 Å². The van der Waals surface area contributed by atoms with Crippen LogP contribution in [0, 0.1) is 11.8 Å². The van der Waals surface area contributed by atoms with Gasteiger partial charge >= 0.3 is 5.97 Å². The molecule has 4 heterocycles. The van der Waals surface area contributed by atoms with Crippen molar-refractivity contribution >= 4 is 34.7 Å². The van der Waals surface area contributed by atoms with Crippen LogP contribution in [0.3, 0.4) is 0 Å². The Hall–Kier alpha value is -4.88. The number of aromatic nitrogens is 3. The minimum absolute atomic E-state index is 0.0361. The van der Waals surface area contributed by atoms with Crippen molar-refractivity contribution < 1.29 is 33.8 Å². The number of benzene rings is 2. The number of amides is 3. The molecule has 1 N–H and O–H groups in total. The van der Waals surface area contributed by atoms with Gasteiger partial charge < -0.3 is 29.3 Å². The van der Waals surface area contributed by atoms with Gasteiger partial charge in [-0.25, -0.2) is 4.68 Å². The third-order valence-electron chi connectivity index (χ3n) is 10.4. The second-order valence-electron chi connectivity index (χ2n) is 13.2. The fraction of sp³-hybridized carbons (Fsp3) is 0.459. The number of carbonyl (C=O) groups is 4. The predicted molar refractivity (Wildman–Crippen MR) is 183 cm³/mol. The number of esters is 1. The van der Waals surface area contributed by atoms with E-state index in [0.717, 1.165) is 5.52 Å². The lowest BCUT2D eigenvalue weighted by atomic mass is 9.70. The zero-order valence-electron chi connectivity index (χ0n) is 28.5. The van der Waals surface area contributed by atoms with E-state index in [0.29, 0.717) is 30.3 Å². The quantitative estimate of drug-likeness (QED) is 0.189.